The molecule has 5 aliphatic rings. The van der Waals surface area contributed by atoms with Crippen LogP contribution in [0.3, 0.4) is 0 Å². The Kier molecular flexibility index (Phi) is 24.0. The van der Waals surface area contributed by atoms with E-state index in [2.05, 4.69) is 73.8 Å². The number of fused-ring (bicyclic) bond motifs is 3. The molecule has 11 rings (SSSR count). The summed E-state index contributed by atoms with van der Waals surface area (Å²) in [4.78, 5) is 106. The highest BCUT2D eigenvalue weighted by atomic mass is 35.5. The highest BCUT2D eigenvalue weighted by Crippen LogP contribution is 2.44. The van der Waals surface area contributed by atoms with Crippen LogP contribution in [0.4, 0.5) is 52.4 Å². The Morgan fingerprint density at radius 1 is 0.583 bits per heavy atom. The van der Waals surface area contributed by atoms with Crippen molar-refractivity contribution >= 4 is 111 Å². The average Bonchev–Trinajstić information content (AvgIpc) is 1.06. The predicted octanol–water partition coefficient (Wildman–Crippen LogP) is 5.85. The van der Waals surface area contributed by atoms with Gasteiger partial charge in [-0.25, -0.2) is 0 Å². The van der Waals surface area contributed by atoms with Gasteiger partial charge in [0.25, 0.3) is 0 Å². The Morgan fingerprint density at radius 2 is 0.969 bits per heavy atom. The van der Waals surface area contributed by atoms with E-state index in [4.69, 9.17) is 71.0 Å². The second kappa shape index (κ2) is 32.0. The Bertz CT molecular complexity index is 3840. The first-order chi connectivity index (χ1) is 46.0. The molecule has 29 nitrogen and oxygen atoms in total. The minimum Gasteiger partial charge on any atom is -0.496 e. The normalized spacial score (nSPS) is 15.4. The fraction of sp³-hybridized carbons (Fsp3) is 0.516. The second-order valence-corrected chi connectivity index (χ2v) is 25.1. The molecule has 2 fully saturated rings. The quantitative estimate of drug-likeness (QED) is 0.0579. The number of aromatic nitrogens is 9. The maximum absolute atomic E-state index is 13.2. The largest absolute Gasteiger partial charge is 0.496 e. The zero-order valence-electron chi connectivity index (χ0n) is 56.4. The van der Waals surface area contributed by atoms with Crippen molar-refractivity contribution in [2.45, 2.75) is 94.3 Å². The van der Waals surface area contributed by atoms with Crippen LogP contribution in [0.1, 0.15) is 83.6 Å². The monoisotopic (exact) mass is 1380 g/mol. The van der Waals surface area contributed by atoms with Gasteiger partial charge in [-0.1, -0.05) is 48.7 Å². The minimum atomic E-state index is -0.308. The van der Waals surface area contributed by atoms with Gasteiger partial charge in [-0.05, 0) is 86.4 Å². The van der Waals surface area contributed by atoms with Gasteiger partial charge in [-0.2, -0.15) is 29.9 Å². The molecule has 96 heavy (non-hydrogen) atoms. The van der Waals surface area contributed by atoms with E-state index in [0.29, 0.717) is 87.2 Å². The topological polar surface area (TPSA) is 337 Å². The van der Waals surface area contributed by atoms with E-state index in [1.165, 1.54) is 4.90 Å². The first-order valence-electron chi connectivity index (χ1n) is 31.9. The van der Waals surface area contributed by atoms with Gasteiger partial charge >= 0.3 is 0 Å². The number of nitrogens with zero attached hydrogens (tertiary/aromatic N) is 17. The van der Waals surface area contributed by atoms with Crippen molar-refractivity contribution in [3.8, 4) is 17.2 Å². The number of carbonyl (C=O) groups excluding carboxylic acids is 4. The molecular formula is C64H86Cl3N21O8. The summed E-state index contributed by atoms with van der Waals surface area (Å²) in [7, 11) is 4.89. The summed E-state index contributed by atoms with van der Waals surface area (Å²) in [5.74, 6) is 3.76. The van der Waals surface area contributed by atoms with Crippen LogP contribution in [0, 0.1) is 47.5 Å². The molecule has 6 aromatic heterocycles. The van der Waals surface area contributed by atoms with Crippen LogP contribution in [-0.2, 0) is 43.5 Å². The molecule has 32 heteroatoms. The van der Waals surface area contributed by atoms with Gasteiger partial charge in [0.1, 0.15) is 40.9 Å². The van der Waals surface area contributed by atoms with Crippen molar-refractivity contribution in [1.29, 1.82) is 0 Å². The number of aryl methyl sites for hydroxylation is 3. The number of anilines is 9. The number of amides is 4. The van der Waals surface area contributed by atoms with Crippen molar-refractivity contribution in [3.05, 3.63) is 84.5 Å². The third-order valence-electron chi connectivity index (χ3n) is 17.4. The molecule has 0 atom stereocenters. The molecule has 1 saturated carbocycles. The number of ether oxygens (including phenoxy) is 4. The molecule has 516 valence electrons. The molecule has 7 N–H and O–H groups in total. The zero-order chi connectivity index (χ0) is 69.2. The van der Waals surface area contributed by atoms with Crippen LogP contribution in [0.2, 0.25) is 15.5 Å². The van der Waals surface area contributed by atoms with Crippen molar-refractivity contribution in [2.24, 2.45) is 5.92 Å². The highest BCUT2D eigenvalue weighted by Gasteiger charge is 2.39. The van der Waals surface area contributed by atoms with Crippen molar-refractivity contribution in [3.63, 3.8) is 0 Å². The zero-order valence-corrected chi connectivity index (χ0v) is 58.7. The summed E-state index contributed by atoms with van der Waals surface area (Å²) >= 11 is 19.3. The number of rotatable bonds is 22. The van der Waals surface area contributed by atoms with Gasteiger partial charge in [-0.15, -0.1) is 0 Å². The fourth-order valence-corrected chi connectivity index (χ4v) is 13.0. The van der Waals surface area contributed by atoms with Crippen molar-refractivity contribution in [2.75, 3.05) is 166 Å². The third-order valence-corrected chi connectivity index (χ3v) is 18.2. The molecule has 4 aliphatic heterocycles. The van der Waals surface area contributed by atoms with Gasteiger partial charge in [0, 0.05) is 91.2 Å². The fourth-order valence-electron chi connectivity index (χ4n) is 12.2. The van der Waals surface area contributed by atoms with Crippen LogP contribution in [-0.4, -0.2) is 198 Å². The summed E-state index contributed by atoms with van der Waals surface area (Å²) in [5.41, 5.74) is 26.8. The summed E-state index contributed by atoms with van der Waals surface area (Å²) in [6.07, 6.45) is 8.35. The SMILES string of the molecule is CCN(CC)CCCN1C(=O)CN(Cc2ncc(C)c(OC)c2C)c2nc(N)nc(Cl)c21.COc1c(C)cnc(CN2CC(=O)N(CC(=O)NCCN3CCOCC3)c3c(Cl)nc(N)nc32)c1C.COc1c(C)cnc(CN2CC(=O)N(CC3CC3)c3c(Cl)nc(N)nc32)c1C. The smallest absolute Gasteiger partial charge is 0.247 e. The standard InChI is InChI=1S/C23H31ClN8O4.C22H32ClN7O2.C19H23ClN6O2/c1-14-10-27-16(15(2)20(14)35-3)11-31-13-18(34)32(19-21(24)28-23(25)29-22(19)31)12-17(33)26-4-5-30-6-8-36-9-7-30;1-6-28(7-2)9-8-10-30-17(31)13-29(21-18(30)20(23)26-22(24)27-21)12-16-15(4)19(32-5)14(3)11-25-16;1-10-6-22-13(11(2)16(10)28-3)8-25-9-14(27)26(7-12-4-5-12)15-17(20)23-19(21)24-18(15)25/h10H,4-9,11-13H2,1-3H3,(H,26,33)(H2,25,28,29);11H,6-10,12-13H2,1-5H3,(H2,24,26,27);6,12H,4-5,7-9H2,1-3H3,(H2,21,23,24). The Morgan fingerprint density at radius 3 is 1.36 bits per heavy atom. The number of halogens is 3. The number of hydrogen-bond acceptors (Lipinski definition) is 25. The summed E-state index contributed by atoms with van der Waals surface area (Å²) in [6.45, 7) is 25.3. The molecule has 0 spiro atoms. The van der Waals surface area contributed by atoms with Crippen LogP contribution >= 0.6 is 34.8 Å². The first-order valence-corrected chi connectivity index (χ1v) is 33.0. The lowest BCUT2D eigenvalue weighted by atomic mass is 10.1. The lowest BCUT2D eigenvalue weighted by Gasteiger charge is -2.37. The van der Waals surface area contributed by atoms with Gasteiger partial charge in [-0.3, -0.25) is 43.9 Å². The van der Waals surface area contributed by atoms with Crippen LogP contribution < -0.4 is 66.1 Å². The molecule has 1 aliphatic carbocycles. The lowest BCUT2D eigenvalue weighted by Crippen LogP contribution is -2.50. The maximum Gasteiger partial charge on any atom is 0.247 e. The second-order valence-electron chi connectivity index (χ2n) is 24.0. The number of carbonyl (C=O) groups is 4. The number of nitrogen functional groups attached to an aromatic ring is 3. The third kappa shape index (κ3) is 16.7. The molecule has 4 amide bonds. The molecule has 0 aromatic carbocycles. The number of hydrogen-bond donors (Lipinski definition) is 4. The van der Waals surface area contributed by atoms with Gasteiger partial charge in [0.15, 0.2) is 32.9 Å². The molecule has 0 radical (unpaired) electrons. The van der Waals surface area contributed by atoms with Crippen LogP contribution in [0.25, 0.3) is 0 Å². The van der Waals surface area contributed by atoms with E-state index in [9.17, 15) is 19.2 Å². The van der Waals surface area contributed by atoms with Crippen molar-refractivity contribution in [1.82, 2.24) is 60.0 Å². The van der Waals surface area contributed by atoms with Gasteiger partial charge in [0.05, 0.1) is 90.9 Å². The van der Waals surface area contributed by atoms with Crippen molar-refractivity contribution < 1.29 is 38.1 Å². The number of pyridine rings is 3. The average molecular weight is 1380 g/mol. The summed E-state index contributed by atoms with van der Waals surface area (Å²) < 4.78 is 21.9. The van der Waals surface area contributed by atoms with E-state index in [1.54, 1.807) is 54.6 Å². The molecule has 6 aromatic rings. The van der Waals surface area contributed by atoms with Crippen LogP contribution in [0.5, 0.6) is 17.2 Å². The minimum absolute atomic E-state index is 0.00262. The van der Waals surface area contributed by atoms with E-state index in [-0.39, 0.29) is 95.3 Å². The van der Waals surface area contributed by atoms with Gasteiger partial charge in [0.2, 0.25) is 41.5 Å². The Hall–Kier alpha value is -8.48. The summed E-state index contributed by atoms with van der Waals surface area (Å²) in [6, 6.07) is 0. The van der Waals surface area contributed by atoms with Crippen LogP contribution in [0.15, 0.2) is 18.6 Å². The van der Waals surface area contributed by atoms with E-state index >= 15 is 0 Å². The van der Waals surface area contributed by atoms with E-state index in [0.717, 1.165) is 120 Å². The number of nitrogens with one attached hydrogen (secondary N) is 1. The summed E-state index contributed by atoms with van der Waals surface area (Å²) in [5, 5.41) is 3.26. The van der Waals surface area contributed by atoms with E-state index in [1.807, 2.05) is 51.3 Å². The van der Waals surface area contributed by atoms with Gasteiger partial charge < -0.3 is 70.9 Å². The predicted molar refractivity (Wildman–Crippen MR) is 371 cm³/mol. The van der Waals surface area contributed by atoms with E-state index < -0.39 is 0 Å². The maximum atomic E-state index is 13.2. The Labute approximate surface area is 574 Å². The first kappa shape index (κ1) is 71.8. The highest BCUT2D eigenvalue weighted by molar-refractivity contribution is 6.35. The Balaban J connectivity index is 0.000000170. The molecule has 1 saturated heterocycles. The molecule has 10 heterocycles. The number of nitrogens with two attached hydrogens (primary N) is 3. The molecule has 0 bridgehead atoms. The number of methoxy groups -OCH3 is 3. The lowest BCUT2D eigenvalue weighted by molar-refractivity contribution is -0.123. The number of morpholine rings is 1. The molecule has 0 unspecified atom stereocenters. The molecular weight excluding hydrogens is 1300 g/mol.